The zero-order valence-corrected chi connectivity index (χ0v) is 50.4. The number of hydrogen-bond acceptors (Lipinski definition) is 20. The fraction of sp³-hybridized carbons (Fsp3) is 0.491. The molecule has 2 aromatic heterocycles. The molecule has 4 aromatic rings. The molecule has 0 spiro atoms. The number of nitrogens with two attached hydrogens (primary N) is 2. The number of benzene rings is 2. The first-order valence-corrected chi connectivity index (χ1v) is 30.6. The molecular weight excluding hydrogens is 1200 g/mol. The van der Waals surface area contributed by atoms with Gasteiger partial charge in [-0.15, -0.1) is 23.1 Å². The molecule has 0 saturated carbocycles. The molecule has 32 heteroatoms. The van der Waals surface area contributed by atoms with Crippen molar-refractivity contribution in [2.75, 3.05) is 91.3 Å². The summed E-state index contributed by atoms with van der Waals surface area (Å²) in [6.45, 7) is 1.96. The summed E-state index contributed by atoms with van der Waals surface area (Å²) in [6, 6.07) is 11.1. The molecule has 89 heavy (non-hydrogen) atoms. The van der Waals surface area contributed by atoms with Crippen LogP contribution in [0.5, 0.6) is 11.5 Å². The molecule has 482 valence electrons. The van der Waals surface area contributed by atoms with E-state index in [1.165, 1.54) is 35.4 Å². The van der Waals surface area contributed by atoms with E-state index in [0.717, 1.165) is 10.2 Å². The maximum Gasteiger partial charge on any atom is 0.305 e. The van der Waals surface area contributed by atoms with Crippen molar-refractivity contribution in [1.82, 2.24) is 52.5 Å². The van der Waals surface area contributed by atoms with E-state index in [1.54, 1.807) is 36.4 Å². The number of aromatic nitrogens is 2. The van der Waals surface area contributed by atoms with Crippen molar-refractivity contribution in [3.8, 4) is 11.5 Å². The number of guanidine groups is 1. The van der Waals surface area contributed by atoms with E-state index in [4.69, 9.17) is 40.1 Å². The second kappa shape index (κ2) is 38.0. The standard InChI is InChI=1S/C57H75FN14O15S2/c58-49-43(12-7-18-63-49)87-29-27-85-26-28-86-36-13-14-37-44(31-36)89-56(71-37)55-72-42(34-88-55)51(79)64-21-23-84-25-24-83-22-20-62-46(74)16-15-45(73)61-17-5-4-10-39-52(80)68-38(11-6-19-65-57(59)60)50(78)66-33-47(75)67-41(32-48(76)77)54(82)70-40(53(81)69-39)30-35-8-2-1-3-9-35/h1-3,7-9,12-14,18,31,38-42H,4-6,10-11,15-17,19-30,32-34H2,(H,61,73)(H,62,74)(H,64,79)(H,66,78)(H,67,75)(H,68,80)(H,69,81)(H,70,82)(H,76,77)(H4,59,60,65)/t38-,39-,40+,41-,42+/m0/s1/i58-1. The van der Waals surface area contributed by atoms with Gasteiger partial charge in [0.25, 0.3) is 5.95 Å². The zero-order valence-electron chi connectivity index (χ0n) is 48.8. The highest BCUT2D eigenvalue weighted by Crippen LogP contribution is 2.32. The van der Waals surface area contributed by atoms with Crippen molar-refractivity contribution in [3.63, 3.8) is 0 Å². The summed E-state index contributed by atoms with van der Waals surface area (Å²) in [4.78, 5) is 134. The number of halogens is 1. The van der Waals surface area contributed by atoms with Gasteiger partial charge in [0.15, 0.2) is 11.7 Å². The second-order valence-electron chi connectivity index (χ2n) is 20.0. The fourth-order valence-electron chi connectivity index (χ4n) is 8.61. The first-order chi connectivity index (χ1) is 43.0. The number of aliphatic imine (C=N–C) groups is 2. The van der Waals surface area contributed by atoms with Gasteiger partial charge in [-0.1, -0.05) is 30.3 Å². The third-order valence-corrected chi connectivity index (χ3v) is 15.3. The van der Waals surface area contributed by atoms with Gasteiger partial charge >= 0.3 is 5.97 Å². The number of carboxylic acids is 1. The van der Waals surface area contributed by atoms with E-state index >= 15 is 0 Å². The number of nitrogens with one attached hydrogen (secondary N) is 8. The Hall–Kier alpha value is -8.59. The Morgan fingerprint density at radius 3 is 2.06 bits per heavy atom. The summed E-state index contributed by atoms with van der Waals surface area (Å²) in [6.07, 6.45) is 1.02. The number of carboxylic acid groups (broad SMARTS) is 1. The molecule has 8 amide bonds. The Kier molecular flexibility index (Phi) is 29.6. The fourth-order valence-corrected chi connectivity index (χ4v) is 10.7. The van der Waals surface area contributed by atoms with E-state index < -0.39 is 90.5 Å². The van der Waals surface area contributed by atoms with Crippen molar-refractivity contribution in [2.45, 2.75) is 88.0 Å². The highest BCUT2D eigenvalue weighted by molar-refractivity contribution is 8.15. The van der Waals surface area contributed by atoms with Crippen molar-refractivity contribution in [3.05, 3.63) is 83.4 Å². The molecule has 2 aromatic carbocycles. The van der Waals surface area contributed by atoms with Gasteiger partial charge < -0.3 is 82.8 Å². The normalized spacial score (nSPS) is 18.1. The van der Waals surface area contributed by atoms with Crippen LogP contribution in [0.4, 0.5) is 4.39 Å². The number of hydrogen-bond donors (Lipinski definition) is 11. The molecule has 0 aliphatic carbocycles. The molecule has 4 heterocycles. The van der Waals surface area contributed by atoms with Crippen LogP contribution >= 0.6 is 23.1 Å². The highest BCUT2D eigenvalue weighted by atomic mass is 32.2. The van der Waals surface area contributed by atoms with Crippen molar-refractivity contribution in [2.24, 2.45) is 21.5 Å². The van der Waals surface area contributed by atoms with E-state index in [2.05, 4.69) is 57.5 Å². The van der Waals surface area contributed by atoms with Crippen LogP contribution in [-0.4, -0.2) is 201 Å². The number of pyridine rings is 1. The van der Waals surface area contributed by atoms with Crippen LogP contribution in [0.3, 0.4) is 0 Å². The molecular formula is C57H75FN14O15S2. The number of nitrogens with zero attached hydrogens (tertiary/aromatic N) is 4. The number of thiazole rings is 1. The molecule has 2 aliphatic rings. The summed E-state index contributed by atoms with van der Waals surface area (Å²) in [7, 11) is 0. The van der Waals surface area contributed by atoms with E-state index in [9.17, 15) is 52.6 Å². The minimum absolute atomic E-state index is 0.00344. The number of carbonyl (C=O) groups is 9. The molecule has 0 bridgehead atoms. The van der Waals surface area contributed by atoms with Crippen LogP contribution in [0.2, 0.25) is 0 Å². The maximum atomic E-state index is 14.0. The number of unbranched alkanes of at least 4 members (excludes halogenated alkanes) is 1. The SMILES string of the molecule is NC(N)=NCCC[C@@H]1NC(=O)[C@H](CCCCNC(=O)CCC(=O)NCCOCCOCCNC(=O)[C@H]2CSC(c3nc4ccc(OCCOCCOc5cccnc5[18F])cc4s3)=N2)NC(=O)[C@@H](Cc2ccccc2)NC(=O)[C@H](CC(=O)O)NC(=O)CNC1=O. The van der Waals surface area contributed by atoms with Gasteiger partial charge in [-0.3, -0.25) is 53.1 Å². The Morgan fingerprint density at radius 2 is 1.34 bits per heavy atom. The lowest BCUT2D eigenvalue weighted by Crippen LogP contribution is -2.58. The Labute approximate surface area is 520 Å². The van der Waals surface area contributed by atoms with Gasteiger partial charge in [-0.2, -0.15) is 4.39 Å². The van der Waals surface area contributed by atoms with Gasteiger partial charge in [0.1, 0.15) is 59.2 Å². The first kappa shape index (κ1) is 69.5. The molecule has 2 aliphatic heterocycles. The number of rotatable bonds is 35. The summed E-state index contributed by atoms with van der Waals surface area (Å²) in [5.74, 6) is -6.36. The van der Waals surface area contributed by atoms with Crippen LogP contribution in [-0.2, 0) is 63.8 Å². The molecule has 6 rings (SSSR count). The van der Waals surface area contributed by atoms with E-state index in [1.807, 2.05) is 18.2 Å². The van der Waals surface area contributed by atoms with Crippen LogP contribution in [0.1, 0.15) is 61.9 Å². The molecule has 13 N–H and O–H groups in total. The van der Waals surface area contributed by atoms with Crippen LogP contribution in [0.25, 0.3) is 10.2 Å². The predicted molar refractivity (Wildman–Crippen MR) is 325 cm³/mol. The minimum Gasteiger partial charge on any atom is -0.491 e. The lowest BCUT2D eigenvalue weighted by atomic mass is 10.0. The number of ether oxygens (including phenoxy) is 5. The number of aliphatic carboxylic acids is 1. The lowest BCUT2D eigenvalue weighted by Gasteiger charge is -2.26. The molecule has 0 radical (unpaired) electrons. The summed E-state index contributed by atoms with van der Waals surface area (Å²) < 4.78 is 42.3. The smallest absolute Gasteiger partial charge is 0.305 e. The van der Waals surface area contributed by atoms with Crippen molar-refractivity contribution in [1.29, 1.82) is 0 Å². The van der Waals surface area contributed by atoms with Crippen LogP contribution in [0, 0.1) is 5.95 Å². The Bertz CT molecular complexity index is 3090. The largest absolute Gasteiger partial charge is 0.491 e. The molecule has 1 saturated heterocycles. The van der Waals surface area contributed by atoms with Crippen LogP contribution < -0.4 is 63.5 Å². The average Bonchev–Trinajstić information content (AvgIpc) is 2.21. The first-order valence-electron chi connectivity index (χ1n) is 28.8. The third-order valence-electron chi connectivity index (χ3n) is 13.1. The average molecular weight is 1280 g/mol. The molecule has 0 unspecified atom stereocenters. The second-order valence-corrected chi connectivity index (χ2v) is 22.0. The van der Waals surface area contributed by atoms with Gasteiger partial charge in [0, 0.05) is 57.4 Å². The number of amides is 8. The summed E-state index contributed by atoms with van der Waals surface area (Å²) in [5, 5.41) is 31.8. The minimum atomic E-state index is -1.63. The van der Waals surface area contributed by atoms with E-state index in [-0.39, 0.29) is 134 Å². The topological polar surface area (TPSA) is 419 Å². The molecule has 29 nitrogen and oxygen atoms in total. The number of carbonyl (C=O) groups excluding carboxylic acids is 8. The van der Waals surface area contributed by atoms with Gasteiger partial charge in [0.2, 0.25) is 47.3 Å². The summed E-state index contributed by atoms with van der Waals surface area (Å²) >= 11 is 2.91. The van der Waals surface area contributed by atoms with E-state index in [0.29, 0.717) is 46.8 Å². The number of thioether (sulfide) groups is 1. The highest BCUT2D eigenvalue weighted by Gasteiger charge is 2.34. The third kappa shape index (κ3) is 25.6. The van der Waals surface area contributed by atoms with Crippen LogP contribution in [0.15, 0.2) is 76.8 Å². The maximum absolute atomic E-state index is 14.0. The van der Waals surface area contributed by atoms with Crippen molar-refractivity contribution >= 4 is 97.5 Å². The zero-order chi connectivity index (χ0) is 63.8. The van der Waals surface area contributed by atoms with Gasteiger partial charge in [-0.05, 0) is 68.0 Å². The van der Waals surface area contributed by atoms with Gasteiger partial charge in [0.05, 0.1) is 62.8 Å². The molecule has 1 fully saturated rings. The molecule has 5 atom stereocenters. The Morgan fingerprint density at radius 1 is 0.697 bits per heavy atom. The number of fused-ring (bicyclic) bond motifs is 1. The lowest BCUT2D eigenvalue weighted by molar-refractivity contribution is -0.141. The Balaban J connectivity index is 0.837. The monoisotopic (exact) mass is 1280 g/mol. The summed E-state index contributed by atoms with van der Waals surface area (Å²) in [5.41, 5.74) is 12.3. The quantitative estimate of drug-likeness (QED) is 0.0118. The van der Waals surface area contributed by atoms with Crippen molar-refractivity contribution < 1.29 is 76.3 Å². The van der Waals surface area contributed by atoms with Gasteiger partial charge in [-0.25, -0.2) is 9.97 Å². The predicted octanol–water partition coefficient (Wildman–Crippen LogP) is -0.661.